The van der Waals surface area contributed by atoms with Gasteiger partial charge in [0.1, 0.15) is 5.75 Å². The van der Waals surface area contributed by atoms with Crippen molar-refractivity contribution < 1.29 is 19.0 Å². The first kappa shape index (κ1) is 10.8. The molecular weight excluding hydrogens is 211 g/mol. The number of hydrogen-bond donors (Lipinski definition) is 1. The summed E-state index contributed by atoms with van der Waals surface area (Å²) in [4.78, 5) is 10.4. The van der Waals surface area contributed by atoms with Crippen LogP contribution in [0.4, 0.5) is 4.39 Å². The average Bonchev–Trinajstić information content (AvgIpc) is 2.15. The molecule has 1 rings (SSSR count). The summed E-state index contributed by atoms with van der Waals surface area (Å²) >= 11 is 5.64. The minimum absolute atomic E-state index is 0.0261. The van der Waals surface area contributed by atoms with Crippen LogP contribution in [0.2, 0.25) is 5.02 Å². The molecule has 1 atom stereocenters. The van der Waals surface area contributed by atoms with Crippen molar-refractivity contribution in [3.05, 3.63) is 28.8 Å². The summed E-state index contributed by atoms with van der Waals surface area (Å²) < 4.78 is 17.9. The Labute approximate surface area is 85.1 Å². The Morgan fingerprint density at radius 3 is 2.71 bits per heavy atom. The normalized spacial score (nSPS) is 12.2. The fraction of sp³-hybridized carbons (Fsp3) is 0.222. The maximum absolute atomic E-state index is 13.0. The molecule has 5 heteroatoms. The van der Waals surface area contributed by atoms with Crippen LogP contribution in [0.15, 0.2) is 18.2 Å². The molecule has 0 fully saturated rings. The van der Waals surface area contributed by atoms with E-state index >= 15 is 0 Å². The Morgan fingerprint density at radius 2 is 2.21 bits per heavy atom. The number of hydrogen-bond acceptors (Lipinski definition) is 2. The molecule has 0 bridgehead atoms. The van der Waals surface area contributed by atoms with Gasteiger partial charge in [0.05, 0.1) is 7.11 Å². The van der Waals surface area contributed by atoms with Gasteiger partial charge in [-0.3, -0.25) is 0 Å². The van der Waals surface area contributed by atoms with Gasteiger partial charge < -0.3 is 9.84 Å². The average molecular weight is 219 g/mol. The summed E-state index contributed by atoms with van der Waals surface area (Å²) in [5.74, 6) is -1.22. The van der Waals surface area contributed by atoms with Gasteiger partial charge in [0.2, 0.25) is 6.17 Å². The maximum Gasteiger partial charge on any atom is 0.343 e. The Bertz CT molecular complexity index is 354. The summed E-state index contributed by atoms with van der Waals surface area (Å²) in [6.07, 6.45) is -2.08. The Morgan fingerprint density at radius 1 is 1.57 bits per heavy atom. The Balaban J connectivity index is 3.08. The highest BCUT2D eigenvalue weighted by molar-refractivity contribution is 6.30. The third kappa shape index (κ3) is 2.35. The van der Waals surface area contributed by atoms with Crippen LogP contribution in [0.1, 0.15) is 11.7 Å². The predicted molar refractivity (Wildman–Crippen MR) is 49.5 cm³/mol. The van der Waals surface area contributed by atoms with Gasteiger partial charge in [-0.25, -0.2) is 9.18 Å². The summed E-state index contributed by atoms with van der Waals surface area (Å²) in [5.41, 5.74) is -0.0261. The Kier molecular flexibility index (Phi) is 3.30. The number of carboxylic acids is 1. The van der Waals surface area contributed by atoms with Crippen LogP contribution < -0.4 is 4.74 Å². The molecule has 14 heavy (non-hydrogen) atoms. The molecule has 1 unspecified atom stereocenters. The highest BCUT2D eigenvalue weighted by atomic mass is 35.5. The highest BCUT2D eigenvalue weighted by Gasteiger charge is 2.19. The molecule has 0 aliphatic rings. The topological polar surface area (TPSA) is 46.5 Å². The van der Waals surface area contributed by atoms with Crippen LogP contribution in [0.5, 0.6) is 5.75 Å². The molecule has 1 aromatic carbocycles. The zero-order valence-corrected chi connectivity index (χ0v) is 8.08. The van der Waals surface area contributed by atoms with Crippen molar-refractivity contribution in [3.63, 3.8) is 0 Å². The molecule has 0 saturated carbocycles. The van der Waals surface area contributed by atoms with E-state index in [9.17, 15) is 9.18 Å². The first-order valence-electron chi connectivity index (χ1n) is 3.76. The maximum atomic E-state index is 13.0. The number of carbonyl (C=O) groups is 1. The van der Waals surface area contributed by atoms with E-state index in [2.05, 4.69) is 0 Å². The van der Waals surface area contributed by atoms with Gasteiger partial charge in [-0.2, -0.15) is 0 Å². The highest BCUT2D eigenvalue weighted by Crippen LogP contribution is 2.26. The smallest absolute Gasteiger partial charge is 0.343 e. The van der Waals surface area contributed by atoms with E-state index in [0.717, 1.165) is 0 Å². The fourth-order valence-corrected chi connectivity index (χ4v) is 1.22. The quantitative estimate of drug-likeness (QED) is 0.848. The monoisotopic (exact) mass is 218 g/mol. The van der Waals surface area contributed by atoms with Gasteiger partial charge in [0.15, 0.2) is 0 Å². The van der Waals surface area contributed by atoms with Gasteiger partial charge >= 0.3 is 5.97 Å². The lowest BCUT2D eigenvalue weighted by Crippen LogP contribution is -2.06. The van der Waals surface area contributed by atoms with Crippen LogP contribution in [0.25, 0.3) is 0 Å². The van der Waals surface area contributed by atoms with E-state index in [4.69, 9.17) is 21.4 Å². The zero-order chi connectivity index (χ0) is 10.7. The van der Waals surface area contributed by atoms with Crippen molar-refractivity contribution >= 4 is 17.6 Å². The summed E-state index contributed by atoms with van der Waals surface area (Å²) in [7, 11) is 1.39. The van der Waals surface area contributed by atoms with Crippen molar-refractivity contribution in [2.45, 2.75) is 6.17 Å². The molecule has 0 aliphatic heterocycles. The van der Waals surface area contributed by atoms with Gasteiger partial charge in [-0.05, 0) is 18.2 Å². The van der Waals surface area contributed by atoms with Crippen LogP contribution in [0, 0.1) is 0 Å². The van der Waals surface area contributed by atoms with Crippen LogP contribution >= 0.6 is 11.6 Å². The number of rotatable bonds is 3. The molecule has 0 radical (unpaired) electrons. The first-order valence-corrected chi connectivity index (χ1v) is 4.13. The second kappa shape index (κ2) is 4.28. The van der Waals surface area contributed by atoms with E-state index in [1.165, 1.54) is 25.3 Å². The molecule has 3 nitrogen and oxygen atoms in total. The van der Waals surface area contributed by atoms with E-state index in [-0.39, 0.29) is 10.6 Å². The fourth-order valence-electron chi connectivity index (χ4n) is 0.991. The number of benzene rings is 1. The minimum Gasteiger partial charge on any atom is -0.497 e. The minimum atomic E-state index is -2.08. The zero-order valence-electron chi connectivity index (χ0n) is 7.33. The molecule has 0 aromatic heterocycles. The summed E-state index contributed by atoms with van der Waals surface area (Å²) in [6, 6.07) is 4.02. The number of aliphatic carboxylic acids is 1. The second-order valence-corrected chi connectivity index (χ2v) is 3.06. The van der Waals surface area contributed by atoms with E-state index in [1.807, 2.05) is 0 Å². The lowest BCUT2D eigenvalue weighted by Gasteiger charge is -2.06. The van der Waals surface area contributed by atoms with Crippen molar-refractivity contribution in [1.82, 2.24) is 0 Å². The molecule has 1 N–H and O–H groups in total. The SMILES string of the molecule is COc1cc(Cl)cc(C(F)C(=O)O)c1. The first-order chi connectivity index (χ1) is 6.54. The number of halogens is 2. The third-order valence-electron chi connectivity index (χ3n) is 1.64. The van der Waals surface area contributed by atoms with Crippen molar-refractivity contribution in [3.8, 4) is 5.75 Å². The number of ether oxygens (including phenoxy) is 1. The predicted octanol–water partition coefficient (Wildman–Crippen LogP) is 2.44. The number of alkyl halides is 1. The van der Waals surface area contributed by atoms with Gasteiger partial charge in [0.25, 0.3) is 0 Å². The molecule has 0 spiro atoms. The second-order valence-electron chi connectivity index (χ2n) is 2.63. The molecule has 0 aliphatic carbocycles. The van der Waals surface area contributed by atoms with Crippen molar-refractivity contribution in [2.75, 3.05) is 7.11 Å². The molecule has 1 aromatic rings. The van der Waals surface area contributed by atoms with Crippen LogP contribution in [0.3, 0.4) is 0 Å². The molecule has 0 amide bonds. The largest absolute Gasteiger partial charge is 0.497 e. The van der Waals surface area contributed by atoms with E-state index < -0.39 is 12.1 Å². The van der Waals surface area contributed by atoms with Gasteiger partial charge in [-0.15, -0.1) is 0 Å². The summed E-state index contributed by atoms with van der Waals surface area (Å²) in [5, 5.41) is 8.67. The van der Waals surface area contributed by atoms with E-state index in [0.29, 0.717) is 5.75 Å². The standard InChI is InChI=1S/C9H8ClFO3/c1-14-7-3-5(2-6(10)4-7)8(11)9(12)13/h2-4,8H,1H3,(H,12,13). The van der Waals surface area contributed by atoms with Gasteiger partial charge in [-0.1, -0.05) is 11.6 Å². The lowest BCUT2D eigenvalue weighted by molar-refractivity contribution is -0.143. The molecule has 76 valence electrons. The van der Waals surface area contributed by atoms with Crippen LogP contribution in [-0.2, 0) is 4.79 Å². The Hall–Kier alpha value is -1.29. The number of methoxy groups -OCH3 is 1. The van der Waals surface area contributed by atoms with Crippen molar-refractivity contribution in [2.24, 2.45) is 0 Å². The van der Waals surface area contributed by atoms with Crippen molar-refractivity contribution in [1.29, 1.82) is 0 Å². The lowest BCUT2D eigenvalue weighted by atomic mass is 10.1. The number of carboxylic acid groups (broad SMARTS) is 1. The molecule has 0 heterocycles. The van der Waals surface area contributed by atoms with Crippen LogP contribution in [-0.4, -0.2) is 18.2 Å². The summed E-state index contributed by atoms with van der Waals surface area (Å²) in [6.45, 7) is 0. The van der Waals surface area contributed by atoms with Gasteiger partial charge in [0, 0.05) is 10.6 Å². The molecular formula is C9H8ClFO3. The molecule has 0 saturated heterocycles. The third-order valence-corrected chi connectivity index (χ3v) is 1.86. The van der Waals surface area contributed by atoms with E-state index in [1.54, 1.807) is 0 Å².